The van der Waals surface area contributed by atoms with Gasteiger partial charge in [-0.2, -0.15) is 0 Å². The summed E-state index contributed by atoms with van der Waals surface area (Å²) in [6.45, 7) is 1.50. The van der Waals surface area contributed by atoms with Gasteiger partial charge >= 0.3 is 11.9 Å². The summed E-state index contributed by atoms with van der Waals surface area (Å²) < 4.78 is -0.291. The number of unbranched alkanes of at least 4 members (excludes halogenated alkanes) is 12. The first-order chi connectivity index (χ1) is 15.3. The van der Waals surface area contributed by atoms with E-state index in [-0.39, 0.29) is 36.6 Å². The zero-order valence-corrected chi connectivity index (χ0v) is 20.2. The SMILES string of the molecule is CCCCCCCCCCCCCCCC(=O)NCC[N+](CCO)(CC(=O)O)CC(=O)O. The van der Waals surface area contributed by atoms with Gasteiger partial charge in [-0.3, -0.25) is 4.79 Å². The Labute approximate surface area is 194 Å². The van der Waals surface area contributed by atoms with Crippen molar-refractivity contribution in [3.63, 3.8) is 0 Å². The summed E-state index contributed by atoms with van der Waals surface area (Å²) >= 11 is 0. The van der Waals surface area contributed by atoms with Crippen LogP contribution >= 0.6 is 0 Å². The van der Waals surface area contributed by atoms with E-state index >= 15 is 0 Å². The van der Waals surface area contributed by atoms with E-state index in [4.69, 9.17) is 10.2 Å². The smallest absolute Gasteiger partial charge is 0.359 e. The van der Waals surface area contributed by atoms with Gasteiger partial charge in [0.25, 0.3) is 0 Å². The number of carbonyl (C=O) groups excluding carboxylic acids is 1. The number of hydrogen-bond donors (Lipinski definition) is 4. The van der Waals surface area contributed by atoms with E-state index in [2.05, 4.69) is 12.2 Å². The largest absolute Gasteiger partial charge is 0.477 e. The Morgan fingerprint density at radius 2 is 1.12 bits per heavy atom. The molecule has 0 saturated carbocycles. The zero-order chi connectivity index (χ0) is 24.1. The minimum absolute atomic E-state index is 0.0212. The molecule has 0 saturated heterocycles. The number of nitrogens with one attached hydrogen (secondary N) is 1. The summed E-state index contributed by atoms with van der Waals surface area (Å²) in [4.78, 5) is 34.3. The second-order valence-corrected chi connectivity index (χ2v) is 8.96. The van der Waals surface area contributed by atoms with E-state index in [0.29, 0.717) is 6.42 Å². The summed E-state index contributed by atoms with van der Waals surface area (Å²) in [7, 11) is 0. The number of nitrogens with zero attached hydrogens (tertiary/aromatic N) is 1. The van der Waals surface area contributed by atoms with Crippen molar-refractivity contribution >= 4 is 17.8 Å². The molecule has 32 heavy (non-hydrogen) atoms. The molecule has 0 heterocycles. The maximum atomic E-state index is 12.0. The quantitative estimate of drug-likeness (QED) is 0.137. The lowest BCUT2D eigenvalue weighted by molar-refractivity contribution is -0.913. The molecule has 0 aliphatic carbocycles. The highest BCUT2D eigenvalue weighted by Gasteiger charge is 2.32. The van der Waals surface area contributed by atoms with Crippen molar-refractivity contribution in [2.24, 2.45) is 0 Å². The number of aliphatic hydroxyl groups excluding tert-OH is 1. The van der Waals surface area contributed by atoms with Crippen LogP contribution in [-0.4, -0.2) is 77.0 Å². The van der Waals surface area contributed by atoms with E-state index in [9.17, 15) is 19.5 Å². The van der Waals surface area contributed by atoms with Gasteiger partial charge in [0.1, 0.15) is 6.54 Å². The van der Waals surface area contributed by atoms with Gasteiger partial charge in [-0.1, -0.05) is 84.0 Å². The fourth-order valence-electron chi connectivity index (χ4n) is 4.09. The Bertz CT molecular complexity index is 497. The molecular weight excluding hydrogens is 412 g/mol. The molecule has 0 aromatic rings. The average Bonchev–Trinajstić information content (AvgIpc) is 2.70. The maximum Gasteiger partial charge on any atom is 0.359 e. The summed E-state index contributed by atoms with van der Waals surface area (Å²) in [6, 6.07) is 0. The third kappa shape index (κ3) is 18.0. The number of carboxylic acids is 2. The summed E-state index contributed by atoms with van der Waals surface area (Å²) in [5, 5.41) is 30.2. The van der Waals surface area contributed by atoms with E-state index < -0.39 is 25.0 Å². The van der Waals surface area contributed by atoms with Crippen LogP contribution in [0.15, 0.2) is 0 Å². The molecule has 4 N–H and O–H groups in total. The lowest BCUT2D eigenvalue weighted by Crippen LogP contribution is -2.58. The molecule has 0 aliphatic heterocycles. The molecule has 0 aromatic heterocycles. The minimum atomic E-state index is -1.13. The molecule has 0 radical (unpaired) electrons. The number of amides is 1. The predicted molar refractivity (Wildman–Crippen MR) is 125 cm³/mol. The summed E-state index contributed by atoms with van der Waals surface area (Å²) in [6.07, 6.45) is 16.6. The van der Waals surface area contributed by atoms with Crippen LogP contribution in [0.25, 0.3) is 0 Å². The van der Waals surface area contributed by atoms with Gasteiger partial charge in [-0.15, -0.1) is 0 Å². The van der Waals surface area contributed by atoms with Crippen molar-refractivity contribution in [2.75, 3.05) is 39.3 Å². The summed E-state index contributed by atoms with van der Waals surface area (Å²) in [5.41, 5.74) is 0. The molecule has 0 rings (SSSR count). The van der Waals surface area contributed by atoms with Gasteiger partial charge in [0.05, 0.1) is 19.7 Å². The van der Waals surface area contributed by atoms with Crippen molar-refractivity contribution in [1.29, 1.82) is 0 Å². The topological polar surface area (TPSA) is 124 Å². The molecule has 188 valence electrons. The van der Waals surface area contributed by atoms with Gasteiger partial charge in [-0.05, 0) is 6.42 Å². The second-order valence-electron chi connectivity index (χ2n) is 8.96. The van der Waals surface area contributed by atoms with Crippen molar-refractivity contribution in [3.05, 3.63) is 0 Å². The Morgan fingerprint density at radius 1 is 0.688 bits per heavy atom. The first kappa shape index (κ1) is 30.3. The highest BCUT2D eigenvalue weighted by Crippen LogP contribution is 2.13. The number of rotatable bonds is 23. The van der Waals surface area contributed by atoms with E-state index in [1.165, 1.54) is 64.2 Å². The lowest BCUT2D eigenvalue weighted by Gasteiger charge is -2.35. The van der Waals surface area contributed by atoms with Crippen LogP contribution in [0.3, 0.4) is 0 Å². The molecule has 0 aromatic carbocycles. The number of hydrogen-bond acceptors (Lipinski definition) is 4. The monoisotopic (exact) mass is 459 g/mol. The van der Waals surface area contributed by atoms with Crippen molar-refractivity contribution in [3.8, 4) is 0 Å². The minimum Gasteiger partial charge on any atom is -0.477 e. The van der Waals surface area contributed by atoms with Crippen LogP contribution in [0.2, 0.25) is 0 Å². The molecule has 0 fully saturated rings. The zero-order valence-electron chi connectivity index (χ0n) is 20.2. The second kappa shape index (κ2) is 20.0. The molecule has 8 nitrogen and oxygen atoms in total. The van der Waals surface area contributed by atoms with Crippen LogP contribution in [0.1, 0.15) is 96.8 Å². The molecule has 8 heteroatoms. The van der Waals surface area contributed by atoms with Crippen LogP contribution in [0.5, 0.6) is 0 Å². The average molecular weight is 460 g/mol. The standard InChI is InChI=1S/C24H46N2O6/c1-2-3-4-5-6-7-8-9-10-11-12-13-14-15-22(28)25-16-17-26(18-19-27,20-23(29)30)21-24(31)32/h27H,2-21H2,1H3,(H2-,25,28,29,30,31,32)/p+1. The highest BCUT2D eigenvalue weighted by molar-refractivity contribution is 5.75. The third-order valence-electron chi connectivity index (χ3n) is 5.93. The van der Waals surface area contributed by atoms with E-state index in [1.54, 1.807) is 0 Å². The van der Waals surface area contributed by atoms with Crippen LogP contribution in [0, 0.1) is 0 Å². The van der Waals surface area contributed by atoms with Crippen LogP contribution < -0.4 is 5.32 Å². The van der Waals surface area contributed by atoms with Crippen LogP contribution in [0.4, 0.5) is 0 Å². The van der Waals surface area contributed by atoms with Gasteiger partial charge in [0.15, 0.2) is 13.1 Å². The third-order valence-corrected chi connectivity index (χ3v) is 5.93. The number of aliphatic carboxylic acids is 2. The normalized spacial score (nSPS) is 11.4. The number of carbonyl (C=O) groups is 3. The Morgan fingerprint density at radius 3 is 1.53 bits per heavy atom. The van der Waals surface area contributed by atoms with Gasteiger partial charge in [0, 0.05) is 6.42 Å². The lowest BCUT2D eigenvalue weighted by atomic mass is 10.0. The Hall–Kier alpha value is -1.67. The number of carboxylic acid groups (broad SMARTS) is 2. The van der Waals surface area contributed by atoms with Crippen LogP contribution in [-0.2, 0) is 14.4 Å². The first-order valence-electron chi connectivity index (χ1n) is 12.5. The molecule has 0 spiro atoms. The van der Waals surface area contributed by atoms with E-state index in [1.807, 2.05) is 0 Å². The number of quaternary nitrogens is 1. The van der Waals surface area contributed by atoms with Gasteiger partial charge in [0.2, 0.25) is 5.91 Å². The fraction of sp³-hybridized carbons (Fsp3) is 0.875. The molecule has 0 bridgehead atoms. The van der Waals surface area contributed by atoms with Crippen molar-refractivity contribution in [2.45, 2.75) is 96.8 Å². The Kier molecular flexibility index (Phi) is 18.9. The summed E-state index contributed by atoms with van der Waals surface area (Å²) in [5.74, 6) is -2.35. The predicted octanol–water partition coefficient (Wildman–Crippen LogP) is 3.56. The highest BCUT2D eigenvalue weighted by atomic mass is 16.4. The van der Waals surface area contributed by atoms with Gasteiger partial charge in [-0.25, -0.2) is 9.59 Å². The molecule has 0 unspecified atom stereocenters. The van der Waals surface area contributed by atoms with Gasteiger partial charge < -0.3 is 25.1 Å². The molecule has 0 aliphatic rings. The molecule has 1 amide bonds. The number of aliphatic hydroxyl groups is 1. The van der Waals surface area contributed by atoms with Crippen molar-refractivity contribution < 1.29 is 34.2 Å². The van der Waals surface area contributed by atoms with Crippen molar-refractivity contribution in [1.82, 2.24) is 5.32 Å². The van der Waals surface area contributed by atoms with E-state index in [0.717, 1.165) is 19.3 Å². The molecular formula is C24H47N2O6+. The maximum absolute atomic E-state index is 12.0. The Balaban J connectivity index is 3.84. The fourth-order valence-corrected chi connectivity index (χ4v) is 4.09. The molecule has 0 atom stereocenters. The first-order valence-corrected chi connectivity index (χ1v) is 12.5.